The molecule has 0 fully saturated rings. The summed E-state index contributed by atoms with van der Waals surface area (Å²) in [7, 11) is 0. The van der Waals surface area contributed by atoms with Gasteiger partial charge in [0.15, 0.2) is 5.78 Å². The predicted octanol–water partition coefficient (Wildman–Crippen LogP) is 2.70. The number of ketones is 1. The maximum absolute atomic E-state index is 11.7. The third-order valence-electron chi connectivity index (χ3n) is 2.12. The van der Waals surface area contributed by atoms with Crippen molar-refractivity contribution in [3.8, 4) is 0 Å². The van der Waals surface area contributed by atoms with Crippen LogP contribution < -0.4 is 0 Å². The second-order valence-electron chi connectivity index (χ2n) is 3.30. The Kier molecular flexibility index (Phi) is 3.62. The van der Waals surface area contributed by atoms with Crippen LogP contribution in [-0.2, 0) is 0 Å². The molecule has 0 spiro atoms. The van der Waals surface area contributed by atoms with Crippen molar-refractivity contribution in [2.75, 3.05) is 0 Å². The second kappa shape index (κ2) is 4.75. The highest BCUT2D eigenvalue weighted by atomic mass is 16.1. The number of hydrogen-bond donors (Lipinski definition) is 0. The summed E-state index contributed by atoms with van der Waals surface area (Å²) in [5.74, 6) is 0.323. The lowest BCUT2D eigenvalue weighted by molar-refractivity contribution is 0.0923. The molecule has 0 radical (unpaired) electrons. The fourth-order valence-corrected chi connectivity index (χ4v) is 1.36. The van der Waals surface area contributed by atoms with Gasteiger partial charge < -0.3 is 0 Å². The van der Waals surface area contributed by atoms with Gasteiger partial charge in [-0.3, -0.25) is 9.78 Å². The van der Waals surface area contributed by atoms with E-state index in [0.717, 1.165) is 18.4 Å². The third kappa shape index (κ3) is 2.65. The van der Waals surface area contributed by atoms with Crippen molar-refractivity contribution in [3.63, 3.8) is 0 Å². The molecule has 1 unspecified atom stereocenters. The summed E-state index contributed by atoms with van der Waals surface area (Å²) in [5.41, 5.74) is 0.725. The zero-order chi connectivity index (χ0) is 9.68. The lowest BCUT2D eigenvalue weighted by atomic mass is 9.96. The van der Waals surface area contributed by atoms with Crippen molar-refractivity contribution in [3.05, 3.63) is 30.1 Å². The van der Waals surface area contributed by atoms with Gasteiger partial charge in [0, 0.05) is 23.9 Å². The molecule has 0 N–H and O–H groups in total. The molecule has 1 aromatic rings. The van der Waals surface area contributed by atoms with Gasteiger partial charge in [0.2, 0.25) is 0 Å². The van der Waals surface area contributed by atoms with Crippen LogP contribution in [0.5, 0.6) is 0 Å². The fourth-order valence-electron chi connectivity index (χ4n) is 1.36. The quantitative estimate of drug-likeness (QED) is 0.662. The van der Waals surface area contributed by atoms with Gasteiger partial charge in [0.05, 0.1) is 0 Å². The minimum absolute atomic E-state index is 0.120. The largest absolute Gasteiger partial charge is 0.294 e. The second-order valence-corrected chi connectivity index (χ2v) is 3.30. The van der Waals surface area contributed by atoms with Crippen molar-refractivity contribution >= 4 is 5.78 Å². The van der Waals surface area contributed by atoms with Gasteiger partial charge in [-0.25, -0.2) is 0 Å². The Morgan fingerprint density at radius 3 is 2.92 bits per heavy atom. The van der Waals surface area contributed by atoms with E-state index in [9.17, 15) is 4.79 Å². The number of rotatable bonds is 4. The van der Waals surface area contributed by atoms with Crippen molar-refractivity contribution in [2.45, 2.75) is 26.7 Å². The Balaban J connectivity index is 2.68. The highest BCUT2D eigenvalue weighted by molar-refractivity contribution is 5.97. The first-order chi connectivity index (χ1) is 6.25. The van der Waals surface area contributed by atoms with E-state index in [1.165, 1.54) is 0 Å². The SMILES string of the molecule is CCCC(C)C(=O)c1cccnc1. The van der Waals surface area contributed by atoms with Crippen LogP contribution in [0.3, 0.4) is 0 Å². The molecule has 13 heavy (non-hydrogen) atoms. The number of carbonyl (C=O) groups is 1. The van der Waals surface area contributed by atoms with Gasteiger partial charge in [-0.15, -0.1) is 0 Å². The fraction of sp³-hybridized carbons (Fsp3) is 0.455. The number of Topliss-reactive ketones (excluding diaryl/α,β-unsaturated/α-hetero) is 1. The van der Waals surface area contributed by atoms with E-state index in [2.05, 4.69) is 11.9 Å². The smallest absolute Gasteiger partial charge is 0.167 e. The van der Waals surface area contributed by atoms with Crippen LogP contribution in [0.2, 0.25) is 0 Å². The summed E-state index contributed by atoms with van der Waals surface area (Å²) in [6.07, 6.45) is 5.32. The van der Waals surface area contributed by atoms with Gasteiger partial charge in [-0.05, 0) is 18.6 Å². The van der Waals surface area contributed by atoms with Crippen LogP contribution in [0.25, 0.3) is 0 Å². The van der Waals surface area contributed by atoms with Crippen LogP contribution in [0.15, 0.2) is 24.5 Å². The number of carbonyl (C=O) groups excluding carboxylic acids is 1. The van der Waals surface area contributed by atoms with E-state index in [1.54, 1.807) is 18.5 Å². The van der Waals surface area contributed by atoms with Crippen LogP contribution in [0, 0.1) is 5.92 Å². The van der Waals surface area contributed by atoms with Gasteiger partial charge in [0.1, 0.15) is 0 Å². The standard InChI is InChI=1S/C11H15NO/c1-3-5-9(2)11(13)10-6-4-7-12-8-10/h4,6-9H,3,5H2,1-2H3. The van der Waals surface area contributed by atoms with E-state index in [0.29, 0.717) is 0 Å². The van der Waals surface area contributed by atoms with Crippen LogP contribution in [-0.4, -0.2) is 10.8 Å². The average Bonchev–Trinajstić information content (AvgIpc) is 2.18. The van der Waals surface area contributed by atoms with Gasteiger partial charge >= 0.3 is 0 Å². The summed E-state index contributed by atoms with van der Waals surface area (Å²) >= 11 is 0. The molecule has 1 atom stereocenters. The summed E-state index contributed by atoms with van der Waals surface area (Å²) in [6.45, 7) is 4.06. The minimum Gasteiger partial charge on any atom is -0.294 e. The molecular weight excluding hydrogens is 162 g/mol. The molecule has 1 rings (SSSR count). The summed E-state index contributed by atoms with van der Waals surface area (Å²) < 4.78 is 0. The van der Waals surface area contributed by atoms with E-state index >= 15 is 0 Å². The highest BCUT2D eigenvalue weighted by Crippen LogP contribution is 2.12. The van der Waals surface area contributed by atoms with Crippen molar-refractivity contribution in [1.82, 2.24) is 4.98 Å². The van der Waals surface area contributed by atoms with Crippen LogP contribution in [0.1, 0.15) is 37.0 Å². The normalized spacial score (nSPS) is 12.5. The monoisotopic (exact) mass is 177 g/mol. The summed E-state index contributed by atoms with van der Waals surface area (Å²) in [5, 5.41) is 0. The first-order valence-corrected chi connectivity index (χ1v) is 4.70. The Morgan fingerprint density at radius 1 is 1.62 bits per heavy atom. The maximum atomic E-state index is 11.7. The molecule has 0 bridgehead atoms. The highest BCUT2D eigenvalue weighted by Gasteiger charge is 2.13. The molecular formula is C11H15NO. The van der Waals surface area contributed by atoms with Crippen molar-refractivity contribution in [2.24, 2.45) is 5.92 Å². The molecule has 1 heterocycles. The van der Waals surface area contributed by atoms with Crippen LogP contribution >= 0.6 is 0 Å². The zero-order valence-corrected chi connectivity index (χ0v) is 8.16. The van der Waals surface area contributed by atoms with E-state index in [1.807, 2.05) is 13.0 Å². The zero-order valence-electron chi connectivity index (χ0n) is 8.16. The van der Waals surface area contributed by atoms with Gasteiger partial charge in [-0.1, -0.05) is 20.3 Å². The Morgan fingerprint density at radius 2 is 2.38 bits per heavy atom. The minimum atomic E-state index is 0.120. The van der Waals surface area contributed by atoms with Gasteiger partial charge in [-0.2, -0.15) is 0 Å². The summed E-state index contributed by atoms with van der Waals surface area (Å²) in [4.78, 5) is 15.6. The lowest BCUT2D eigenvalue weighted by Gasteiger charge is -2.07. The lowest BCUT2D eigenvalue weighted by Crippen LogP contribution is -2.10. The first kappa shape index (κ1) is 9.90. The molecule has 0 saturated heterocycles. The van der Waals surface area contributed by atoms with Crippen molar-refractivity contribution in [1.29, 1.82) is 0 Å². The topological polar surface area (TPSA) is 30.0 Å². The third-order valence-corrected chi connectivity index (χ3v) is 2.12. The molecule has 70 valence electrons. The van der Waals surface area contributed by atoms with E-state index in [4.69, 9.17) is 0 Å². The number of pyridine rings is 1. The maximum Gasteiger partial charge on any atom is 0.167 e. The number of nitrogens with zero attached hydrogens (tertiary/aromatic N) is 1. The van der Waals surface area contributed by atoms with E-state index < -0.39 is 0 Å². The molecule has 0 amide bonds. The molecule has 2 heteroatoms. The Labute approximate surface area is 79.0 Å². The van der Waals surface area contributed by atoms with Crippen LogP contribution in [0.4, 0.5) is 0 Å². The first-order valence-electron chi connectivity index (χ1n) is 4.70. The van der Waals surface area contributed by atoms with Crippen molar-refractivity contribution < 1.29 is 4.79 Å². The number of hydrogen-bond acceptors (Lipinski definition) is 2. The average molecular weight is 177 g/mol. The van der Waals surface area contributed by atoms with E-state index in [-0.39, 0.29) is 11.7 Å². The molecule has 2 nitrogen and oxygen atoms in total. The predicted molar refractivity (Wildman–Crippen MR) is 52.6 cm³/mol. The summed E-state index contributed by atoms with van der Waals surface area (Å²) in [6, 6.07) is 3.62. The molecule has 0 aliphatic rings. The Hall–Kier alpha value is -1.18. The molecule has 0 saturated carbocycles. The number of aromatic nitrogens is 1. The molecule has 0 aliphatic heterocycles. The van der Waals surface area contributed by atoms with Gasteiger partial charge in [0.25, 0.3) is 0 Å². The molecule has 0 aliphatic carbocycles. The molecule has 0 aromatic carbocycles. The Bertz CT molecular complexity index is 269. The molecule has 1 aromatic heterocycles.